The lowest BCUT2D eigenvalue weighted by atomic mass is 9.80. The minimum absolute atomic E-state index is 0.362. The number of nitrogens with two attached hydrogens (primary N) is 1. The van der Waals surface area contributed by atoms with E-state index in [0.29, 0.717) is 11.4 Å². The second-order valence-electron chi connectivity index (χ2n) is 6.03. The van der Waals surface area contributed by atoms with Crippen LogP contribution in [0.2, 0.25) is 0 Å². The Morgan fingerprint density at radius 1 is 1.41 bits per heavy atom. The zero-order valence-corrected chi connectivity index (χ0v) is 11.2. The Morgan fingerprint density at radius 3 is 2.71 bits per heavy atom. The van der Waals surface area contributed by atoms with E-state index in [4.69, 9.17) is 5.73 Å². The lowest BCUT2D eigenvalue weighted by Gasteiger charge is -2.27. The molecule has 1 aromatic heterocycles. The maximum Gasteiger partial charge on any atom is 0.221 e. The van der Waals surface area contributed by atoms with Crippen molar-refractivity contribution in [3.8, 4) is 0 Å². The second kappa shape index (κ2) is 4.17. The van der Waals surface area contributed by atoms with Crippen molar-refractivity contribution < 1.29 is 0 Å². The topological polar surface area (TPSA) is 55.0 Å². The van der Waals surface area contributed by atoms with Crippen molar-refractivity contribution in [3.05, 3.63) is 11.8 Å². The smallest absolute Gasteiger partial charge is 0.221 e. The van der Waals surface area contributed by atoms with Gasteiger partial charge in [-0.1, -0.05) is 20.8 Å². The van der Waals surface area contributed by atoms with Gasteiger partial charge < -0.3 is 10.6 Å². The van der Waals surface area contributed by atoms with Crippen LogP contribution in [0.1, 0.15) is 32.8 Å². The summed E-state index contributed by atoms with van der Waals surface area (Å²) in [6.07, 6.45) is 3.04. The monoisotopic (exact) mass is 234 g/mol. The number of nitrogen functional groups attached to an aromatic ring is 1. The van der Waals surface area contributed by atoms with Crippen LogP contribution < -0.4 is 10.6 Å². The molecule has 2 rings (SSSR count). The quantitative estimate of drug-likeness (QED) is 0.809. The summed E-state index contributed by atoms with van der Waals surface area (Å²) < 4.78 is 0. The average molecular weight is 234 g/mol. The van der Waals surface area contributed by atoms with E-state index in [0.717, 1.165) is 30.4 Å². The van der Waals surface area contributed by atoms with Gasteiger partial charge in [-0.15, -0.1) is 0 Å². The lowest BCUT2D eigenvalue weighted by molar-refractivity contribution is 0.263. The molecule has 0 radical (unpaired) electrons. The molecule has 94 valence electrons. The van der Waals surface area contributed by atoms with Gasteiger partial charge in [-0.25, -0.2) is 4.98 Å². The van der Waals surface area contributed by atoms with Crippen LogP contribution in [-0.4, -0.2) is 23.1 Å². The fraction of sp³-hybridized carbons (Fsp3) is 0.692. The van der Waals surface area contributed by atoms with Crippen molar-refractivity contribution in [3.63, 3.8) is 0 Å². The van der Waals surface area contributed by atoms with Crippen LogP contribution in [0, 0.1) is 18.3 Å². The summed E-state index contributed by atoms with van der Waals surface area (Å²) in [5.41, 5.74) is 7.13. The van der Waals surface area contributed by atoms with Crippen LogP contribution in [0.4, 0.5) is 11.8 Å². The number of aromatic nitrogens is 2. The Kier molecular flexibility index (Phi) is 2.98. The van der Waals surface area contributed by atoms with Gasteiger partial charge >= 0.3 is 0 Å². The first-order valence-electron chi connectivity index (χ1n) is 6.22. The highest BCUT2D eigenvalue weighted by molar-refractivity contribution is 5.48. The van der Waals surface area contributed by atoms with Crippen LogP contribution in [-0.2, 0) is 0 Å². The van der Waals surface area contributed by atoms with Crippen LogP contribution >= 0.6 is 0 Å². The lowest BCUT2D eigenvalue weighted by Crippen LogP contribution is -2.27. The third-order valence-corrected chi connectivity index (χ3v) is 3.68. The largest absolute Gasteiger partial charge is 0.368 e. The molecule has 1 fully saturated rings. The summed E-state index contributed by atoms with van der Waals surface area (Å²) >= 11 is 0. The number of hydrogen-bond donors (Lipinski definition) is 1. The van der Waals surface area contributed by atoms with E-state index in [1.165, 1.54) is 6.42 Å². The first-order valence-corrected chi connectivity index (χ1v) is 6.22. The molecule has 1 unspecified atom stereocenters. The summed E-state index contributed by atoms with van der Waals surface area (Å²) in [5.74, 6) is 2.09. The molecule has 1 aliphatic heterocycles. The third kappa shape index (κ3) is 2.51. The van der Waals surface area contributed by atoms with Gasteiger partial charge in [0.2, 0.25) is 5.95 Å². The molecular weight excluding hydrogens is 212 g/mol. The van der Waals surface area contributed by atoms with Crippen molar-refractivity contribution in [2.75, 3.05) is 23.7 Å². The second-order valence-corrected chi connectivity index (χ2v) is 6.03. The highest BCUT2D eigenvalue weighted by Crippen LogP contribution is 2.35. The van der Waals surface area contributed by atoms with Gasteiger partial charge in [-0.3, -0.25) is 0 Å². The van der Waals surface area contributed by atoms with Gasteiger partial charge in [-0.05, 0) is 24.7 Å². The minimum atomic E-state index is 0.362. The minimum Gasteiger partial charge on any atom is -0.368 e. The van der Waals surface area contributed by atoms with E-state index >= 15 is 0 Å². The van der Waals surface area contributed by atoms with Crippen molar-refractivity contribution in [2.24, 2.45) is 11.3 Å². The molecule has 0 bridgehead atoms. The maximum absolute atomic E-state index is 5.67. The van der Waals surface area contributed by atoms with Crippen molar-refractivity contribution in [1.29, 1.82) is 0 Å². The number of hydrogen-bond acceptors (Lipinski definition) is 4. The van der Waals surface area contributed by atoms with Crippen LogP contribution in [0.5, 0.6) is 0 Å². The van der Waals surface area contributed by atoms with Crippen molar-refractivity contribution in [1.82, 2.24) is 9.97 Å². The molecule has 1 atom stereocenters. The summed E-state index contributed by atoms with van der Waals surface area (Å²) in [7, 11) is 0. The molecule has 1 aliphatic rings. The molecule has 0 aliphatic carbocycles. The fourth-order valence-electron chi connectivity index (χ4n) is 2.43. The number of anilines is 2. The van der Waals surface area contributed by atoms with Gasteiger partial charge in [0.1, 0.15) is 5.82 Å². The molecule has 0 spiro atoms. The molecule has 4 nitrogen and oxygen atoms in total. The van der Waals surface area contributed by atoms with E-state index in [1.807, 2.05) is 13.1 Å². The van der Waals surface area contributed by atoms with Gasteiger partial charge in [-0.2, -0.15) is 4.98 Å². The fourth-order valence-corrected chi connectivity index (χ4v) is 2.43. The molecule has 2 heterocycles. The summed E-state index contributed by atoms with van der Waals surface area (Å²) in [5, 5.41) is 0. The molecule has 0 amide bonds. The number of nitrogens with zero attached hydrogens (tertiary/aromatic N) is 3. The van der Waals surface area contributed by atoms with Gasteiger partial charge in [0.15, 0.2) is 0 Å². The Labute approximate surface area is 103 Å². The molecule has 1 aromatic rings. The van der Waals surface area contributed by atoms with E-state index in [9.17, 15) is 0 Å². The SMILES string of the molecule is Cc1cnc(N)nc1N1CCC(C(C)(C)C)C1. The first-order chi connectivity index (χ1) is 7.88. The predicted octanol–water partition coefficient (Wildman–Crippen LogP) is 2.24. The summed E-state index contributed by atoms with van der Waals surface area (Å²) in [4.78, 5) is 10.7. The Hall–Kier alpha value is -1.32. The molecule has 2 N–H and O–H groups in total. The highest BCUT2D eigenvalue weighted by Gasteiger charge is 2.32. The highest BCUT2D eigenvalue weighted by atomic mass is 15.2. The van der Waals surface area contributed by atoms with Crippen molar-refractivity contribution >= 4 is 11.8 Å². The maximum atomic E-state index is 5.67. The average Bonchev–Trinajstić information content (AvgIpc) is 2.70. The van der Waals surface area contributed by atoms with E-state index in [-0.39, 0.29) is 0 Å². The summed E-state index contributed by atoms with van der Waals surface area (Å²) in [6.45, 7) is 11.1. The van der Waals surface area contributed by atoms with E-state index < -0.39 is 0 Å². The molecule has 1 saturated heterocycles. The number of rotatable bonds is 1. The number of aryl methyl sites for hydroxylation is 1. The van der Waals surface area contributed by atoms with Gasteiger partial charge in [0, 0.05) is 24.8 Å². The zero-order chi connectivity index (χ0) is 12.6. The van der Waals surface area contributed by atoms with Crippen LogP contribution in [0.25, 0.3) is 0 Å². The van der Waals surface area contributed by atoms with Crippen LogP contribution in [0.15, 0.2) is 6.20 Å². The normalized spacial score (nSPS) is 20.9. The van der Waals surface area contributed by atoms with E-state index in [2.05, 4.69) is 35.6 Å². The van der Waals surface area contributed by atoms with Crippen molar-refractivity contribution in [2.45, 2.75) is 34.1 Å². The van der Waals surface area contributed by atoms with Gasteiger partial charge in [0.05, 0.1) is 0 Å². The Bertz CT molecular complexity index is 408. The Morgan fingerprint density at radius 2 is 2.12 bits per heavy atom. The standard InChI is InChI=1S/C13H22N4/c1-9-7-15-12(14)16-11(9)17-6-5-10(8-17)13(2,3)4/h7,10H,5-6,8H2,1-4H3,(H2,14,15,16). The molecule has 4 heteroatoms. The molecular formula is C13H22N4. The van der Waals surface area contributed by atoms with E-state index in [1.54, 1.807) is 0 Å². The summed E-state index contributed by atoms with van der Waals surface area (Å²) in [6, 6.07) is 0. The van der Waals surface area contributed by atoms with Gasteiger partial charge in [0.25, 0.3) is 0 Å². The molecule has 0 aromatic carbocycles. The molecule has 17 heavy (non-hydrogen) atoms. The van der Waals surface area contributed by atoms with Crippen LogP contribution in [0.3, 0.4) is 0 Å². The first kappa shape index (κ1) is 12.1. The zero-order valence-electron chi connectivity index (χ0n) is 11.2. The predicted molar refractivity (Wildman–Crippen MR) is 71.0 cm³/mol. The third-order valence-electron chi connectivity index (χ3n) is 3.68. The Balaban J connectivity index is 2.18. The molecule has 0 saturated carbocycles.